The first kappa shape index (κ1) is 12.9. The van der Waals surface area contributed by atoms with Crippen molar-refractivity contribution >= 4 is 0 Å². The molecule has 4 saturated carbocycles. The molecule has 4 aliphatic rings. The summed E-state index contributed by atoms with van der Waals surface area (Å²) in [6, 6.07) is 11.1. The number of benzene rings is 1. The molecule has 0 aliphatic heterocycles. The zero-order valence-electron chi connectivity index (χ0n) is 12.7. The number of hydrogen-bond donors (Lipinski definition) is 0. The Labute approximate surface area is 123 Å². The molecule has 0 saturated heterocycles. The predicted molar refractivity (Wildman–Crippen MR) is 83.4 cm³/mol. The van der Waals surface area contributed by atoms with E-state index < -0.39 is 0 Å². The van der Waals surface area contributed by atoms with Crippen molar-refractivity contribution in [2.24, 2.45) is 17.8 Å². The molecule has 0 N–H and O–H groups in total. The van der Waals surface area contributed by atoms with Gasteiger partial charge in [-0.2, -0.15) is 0 Å². The monoisotopic (exact) mass is 269 g/mol. The molecule has 5 rings (SSSR count). The Kier molecular flexibility index (Phi) is 3.14. The van der Waals surface area contributed by atoms with Crippen LogP contribution in [0.15, 0.2) is 30.3 Å². The third-order valence-electron chi connectivity index (χ3n) is 6.27. The van der Waals surface area contributed by atoms with Gasteiger partial charge in [-0.3, -0.25) is 4.90 Å². The highest BCUT2D eigenvalue weighted by atomic mass is 15.2. The van der Waals surface area contributed by atoms with Gasteiger partial charge in [-0.05, 0) is 68.4 Å². The standard InChI is InChI=1S/C19H27N/c1-2-20(14-15-6-4-3-5-7-15)19-11-16-8-17(12-19)10-18(9-16)13-19/h3-7,16-18H,2,8-14H2,1H3. The van der Waals surface area contributed by atoms with Crippen LogP contribution in [-0.4, -0.2) is 17.0 Å². The van der Waals surface area contributed by atoms with Crippen molar-refractivity contribution in [1.82, 2.24) is 4.90 Å². The van der Waals surface area contributed by atoms with E-state index in [0.717, 1.165) is 24.3 Å². The molecule has 0 radical (unpaired) electrons. The zero-order chi connectivity index (χ0) is 13.6. The molecule has 0 aromatic heterocycles. The minimum absolute atomic E-state index is 0.555. The lowest BCUT2D eigenvalue weighted by molar-refractivity contribution is -0.0905. The topological polar surface area (TPSA) is 3.24 Å². The lowest BCUT2D eigenvalue weighted by atomic mass is 9.52. The van der Waals surface area contributed by atoms with Crippen LogP contribution in [0.4, 0.5) is 0 Å². The van der Waals surface area contributed by atoms with Crippen molar-refractivity contribution in [2.75, 3.05) is 6.54 Å². The third-order valence-corrected chi connectivity index (χ3v) is 6.27. The van der Waals surface area contributed by atoms with Crippen LogP contribution in [0.25, 0.3) is 0 Å². The lowest BCUT2D eigenvalue weighted by Crippen LogP contribution is -2.59. The van der Waals surface area contributed by atoms with Crippen LogP contribution in [0.2, 0.25) is 0 Å². The molecule has 0 heterocycles. The fraction of sp³-hybridized carbons (Fsp3) is 0.684. The van der Waals surface area contributed by atoms with Gasteiger partial charge in [0.1, 0.15) is 0 Å². The number of hydrogen-bond acceptors (Lipinski definition) is 1. The van der Waals surface area contributed by atoms with Gasteiger partial charge in [0, 0.05) is 12.1 Å². The molecule has 1 aromatic carbocycles. The maximum atomic E-state index is 2.83. The molecule has 0 atom stereocenters. The van der Waals surface area contributed by atoms with Gasteiger partial charge < -0.3 is 0 Å². The molecular weight excluding hydrogens is 242 g/mol. The third kappa shape index (κ3) is 2.11. The quantitative estimate of drug-likeness (QED) is 0.779. The largest absolute Gasteiger partial charge is 0.294 e. The van der Waals surface area contributed by atoms with Crippen LogP contribution in [0.5, 0.6) is 0 Å². The van der Waals surface area contributed by atoms with E-state index in [1.54, 1.807) is 19.3 Å². The van der Waals surface area contributed by atoms with Gasteiger partial charge in [-0.1, -0.05) is 37.3 Å². The second-order valence-corrected chi connectivity index (χ2v) is 7.64. The summed E-state index contributed by atoms with van der Waals surface area (Å²) >= 11 is 0. The van der Waals surface area contributed by atoms with E-state index in [2.05, 4.69) is 42.2 Å². The second kappa shape index (κ2) is 4.87. The Morgan fingerprint density at radius 3 is 2.00 bits per heavy atom. The molecule has 1 aromatic rings. The van der Waals surface area contributed by atoms with Crippen LogP contribution in [0.3, 0.4) is 0 Å². The summed E-state index contributed by atoms with van der Waals surface area (Å²) in [7, 11) is 0. The number of nitrogens with zero attached hydrogens (tertiary/aromatic N) is 1. The Hall–Kier alpha value is -0.820. The molecule has 0 spiro atoms. The molecule has 1 heteroatoms. The molecule has 4 aliphatic carbocycles. The molecule has 4 fully saturated rings. The average molecular weight is 269 g/mol. The minimum Gasteiger partial charge on any atom is -0.294 e. The van der Waals surface area contributed by atoms with Gasteiger partial charge in [0.15, 0.2) is 0 Å². The van der Waals surface area contributed by atoms with Gasteiger partial charge in [0.05, 0.1) is 0 Å². The van der Waals surface area contributed by atoms with Gasteiger partial charge in [-0.15, -0.1) is 0 Å². The Balaban J connectivity index is 1.58. The summed E-state index contributed by atoms with van der Waals surface area (Å²) in [6.07, 6.45) is 9.09. The summed E-state index contributed by atoms with van der Waals surface area (Å²) in [5.41, 5.74) is 2.05. The van der Waals surface area contributed by atoms with Crippen molar-refractivity contribution in [1.29, 1.82) is 0 Å². The SMILES string of the molecule is CCN(Cc1ccccc1)C12CC3CC(CC(C3)C1)C2. The first-order valence-corrected chi connectivity index (χ1v) is 8.56. The summed E-state index contributed by atoms with van der Waals surface area (Å²) in [5.74, 6) is 3.14. The van der Waals surface area contributed by atoms with Gasteiger partial charge in [0.25, 0.3) is 0 Å². The average Bonchev–Trinajstić information content (AvgIpc) is 2.44. The summed E-state index contributed by atoms with van der Waals surface area (Å²) < 4.78 is 0. The van der Waals surface area contributed by atoms with Crippen LogP contribution in [0.1, 0.15) is 51.0 Å². The molecule has 0 unspecified atom stereocenters. The fourth-order valence-electron chi connectivity index (χ4n) is 5.87. The van der Waals surface area contributed by atoms with E-state index >= 15 is 0 Å². The first-order valence-electron chi connectivity index (χ1n) is 8.56. The fourth-order valence-corrected chi connectivity index (χ4v) is 5.87. The highest BCUT2D eigenvalue weighted by molar-refractivity contribution is 5.16. The Morgan fingerprint density at radius 1 is 0.950 bits per heavy atom. The van der Waals surface area contributed by atoms with E-state index in [1.165, 1.54) is 31.4 Å². The first-order chi connectivity index (χ1) is 9.77. The molecule has 4 bridgehead atoms. The molecular formula is C19H27N. The van der Waals surface area contributed by atoms with E-state index in [-0.39, 0.29) is 0 Å². The van der Waals surface area contributed by atoms with Crippen molar-refractivity contribution in [3.63, 3.8) is 0 Å². The zero-order valence-corrected chi connectivity index (χ0v) is 12.7. The maximum Gasteiger partial charge on any atom is 0.0239 e. The maximum absolute atomic E-state index is 2.83. The highest BCUT2D eigenvalue weighted by Gasteiger charge is 2.52. The second-order valence-electron chi connectivity index (χ2n) is 7.64. The summed E-state index contributed by atoms with van der Waals surface area (Å²) in [6.45, 7) is 4.73. The van der Waals surface area contributed by atoms with Crippen LogP contribution >= 0.6 is 0 Å². The molecule has 108 valence electrons. The van der Waals surface area contributed by atoms with Crippen LogP contribution in [0, 0.1) is 17.8 Å². The van der Waals surface area contributed by atoms with E-state index in [0.29, 0.717) is 5.54 Å². The summed E-state index contributed by atoms with van der Waals surface area (Å²) in [4.78, 5) is 2.83. The molecule has 1 nitrogen and oxygen atoms in total. The van der Waals surface area contributed by atoms with E-state index in [1.807, 2.05) is 0 Å². The lowest BCUT2D eigenvalue weighted by Gasteiger charge is -2.60. The number of rotatable bonds is 4. The highest BCUT2D eigenvalue weighted by Crippen LogP contribution is 2.57. The predicted octanol–water partition coefficient (Wildman–Crippen LogP) is 4.48. The van der Waals surface area contributed by atoms with E-state index in [9.17, 15) is 0 Å². The van der Waals surface area contributed by atoms with Crippen LogP contribution in [-0.2, 0) is 6.54 Å². The van der Waals surface area contributed by atoms with Gasteiger partial charge in [-0.25, -0.2) is 0 Å². The Morgan fingerprint density at radius 2 is 1.50 bits per heavy atom. The normalized spacial score (nSPS) is 38.6. The van der Waals surface area contributed by atoms with Crippen molar-refractivity contribution < 1.29 is 0 Å². The van der Waals surface area contributed by atoms with Crippen molar-refractivity contribution in [3.8, 4) is 0 Å². The van der Waals surface area contributed by atoms with Gasteiger partial charge >= 0.3 is 0 Å². The van der Waals surface area contributed by atoms with Crippen molar-refractivity contribution in [2.45, 2.75) is 57.5 Å². The minimum atomic E-state index is 0.555. The summed E-state index contributed by atoms with van der Waals surface area (Å²) in [5, 5.41) is 0. The Bertz CT molecular complexity index is 429. The smallest absolute Gasteiger partial charge is 0.0239 e. The molecule has 0 amide bonds. The van der Waals surface area contributed by atoms with E-state index in [4.69, 9.17) is 0 Å². The van der Waals surface area contributed by atoms with Gasteiger partial charge in [0.2, 0.25) is 0 Å². The van der Waals surface area contributed by atoms with Crippen molar-refractivity contribution in [3.05, 3.63) is 35.9 Å². The van der Waals surface area contributed by atoms with Crippen LogP contribution < -0.4 is 0 Å². The molecule has 20 heavy (non-hydrogen) atoms.